The number of rotatable bonds is 18. The Balaban J connectivity index is 1.72. The third kappa shape index (κ3) is 14.3. The van der Waals surface area contributed by atoms with E-state index in [0.29, 0.717) is 0 Å². The lowest BCUT2D eigenvalue weighted by Gasteiger charge is -2.04. The highest BCUT2D eigenvalue weighted by Crippen LogP contribution is 2.14. The van der Waals surface area contributed by atoms with Gasteiger partial charge in [0.05, 0.1) is 0 Å². The minimum atomic E-state index is 1.25. The number of pyridine rings is 1. The van der Waals surface area contributed by atoms with Crippen LogP contribution < -0.4 is 4.57 Å². The van der Waals surface area contributed by atoms with Gasteiger partial charge in [-0.1, -0.05) is 110 Å². The van der Waals surface area contributed by atoms with Crippen molar-refractivity contribution in [2.75, 3.05) is 0 Å². The van der Waals surface area contributed by atoms with Gasteiger partial charge in [-0.15, -0.1) is 0 Å². The van der Waals surface area contributed by atoms with Gasteiger partial charge in [-0.2, -0.15) is 0 Å². The molecular formula is C25H46N+. The van der Waals surface area contributed by atoms with Gasteiger partial charge in [0.25, 0.3) is 0 Å². The zero-order valence-electron chi connectivity index (χ0n) is 18.0. The van der Waals surface area contributed by atoms with E-state index in [0.717, 1.165) is 0 Å². The molecule has 1 rings (SSSR count). The van der Waals surface area contributed by atoms with Gasteiger partial charge in [0.15, 0.2) is 12.4 Å². The summed E-state index contributed by atoms with van der Waals surface area (Å²) in [4.78, 5) is 0. The maximum Gasteiger partial charge on any atom is 0.168 e. The van der Waals surface area contributed by atoms with Crippen molar-refractivity contribution < 1.29 is 4.57 Å². The first-order valence-electron chi connectivity index (χ1n) is 11.8. The molecule has 0 spiro atoms. The van der Waals surface area contributed by atoms with E-state index in [1.165, 1.54) is 121 Å². The number of nitrogens with zero attached hydrogens (tertiary/aromatic N) is 1. The van der Waals surface area contributed by atoms with Gasteiger partial charge in [0.2, 0.25) is 0 Å². The fraction of sp³-hybridized carbons (Fsp3) is 0.800. The molecule has 0 saturated carbocycles. The molecule has 26 heavy (non-hydrogen) atoms. The zero-order chi connectivity index (χ0) is 18.7. The molecule has 0 unspecified atom stereocenters. The first-order chi connectivity index (χ1) is 12.8. The molecule has 0 aliphatic carbocycles. The molecular weight excluding hydrogens is 314 g/mol. The Hall–Kier alpha value is -0.850. The van der Waals surface area contributed by atoms with Gasteiger partial charge in [-0.05, 0) is 18.4 Å². The van der Waals surface area contributed by atoms with Crippen LogP contribution in [0.4, 0.5) is 0 Å². The van der Waals surface area contributed by atoms with Crippen molar-refractivity contribution in [3.05, 3.63) is 30.1 Å². The maximum atomic E-state index is 2.30. The van der Waals surface area contributed by atoms with E-state index < -0.39 is 0 Å². The third-order valence-corrected chi connectivity index (χ3v) is 5.62. The van der Waals surface area contributed by atoms with E-state index in [1.54, 1.807) is 0 Å². The summed E-state index contributed by atoms with van der Waals surface area (Å²) in [5.74, 6) is 0. The molecule has 1 aromatic heterocycles. The summed E-state index contributed by atoms with van der Waals surface area (Å²) in [6, 6.07) is 4.51. The van der Waals surface area contributed by atoms with E-state index >= 15 is 0 Å². The van der Waals surface area contributed by atoms with Crippen molar-refractivity contribution >= 4 is 0 Å². The quantitative estimate of drug-likeness (QED) is 0.186. The molecule has 150 valence electrons. The van der Waals surface area contributed by atoms with Gasteiger partial charge in [0.1, 0.15) is 7.05 Å². The maximum absolute atomic E-state index is 2.30. The first-order valence-corrected chi connectivity index (χ1v) is 11.8. The second kappa shape index (κ2) is 17.6. The fourth-order valence-corrected chi connectivity index (χ4v) is 3.75. The number of hydrogen-bond acceptors (Lipinski definition) is 0. The highest BCUT2D eigenvalue weighted by atomic mass is 14.9. The molecule has 1 heterocycles. The van der Waals surface area contributed by atoms with E-state index in [4.69, 9.17) is 0 Å². The van der Waals surface area contributed by atoms with Crippen LogP contribution in [0.15, 0.2) is 24.5 Å². The third-order valence-electron chi connectivity index (χ3n) is 5.62. The zero-order valence-corrected chi connectivity index (χ0v) is 18.0. The number of hydrogen-bond donors (Lipinski definition) is 0. The van der Waals surface area contributed by atoms with Crippen molar-refractivity contribution in [1.29, 1.82) is 0 Å². The Labute approximate surface area is 164 Å². The van der Waals surface area contributed by atoms with E-state index in [-0.39, 0.29) is 0 Å². The van der Waals surface area contributed by atoms with Crippen LogP contribution in [0.25, 0.3) is 0 Å². The van der Waals surface area contributed by atoms with Crippen molar-refractivity contribution in [2.45, 2.75) is 122 Å². The highest BCUT2D eigenvalue weighted by Gasteiger charge is 1.97. The molecule has 0 fully saturated rings. The predicted octanol–water partition coefficient (Wildman–Crippen LogP) is 7.71. The molecule has 1 aromatic rings. The summed E-state index contributed by atoms with van der Waals surface area (Å²) >= 11 is 0. The van der Waals surface area contributed by atoms with Crippen LogP contribution in [0.3, 0.4) is 0 Å². The molecule has 0 aromatic carbocycles. The lowest BCUT2D eigenvalue weighted by atomic mass is 10.0. The Kier molecular flexibility index (Phi) is 15.7. The smallest absolute Gasteiger partial charge is 0.168 e. The minimum absolute atomic E-state index is 1.25. The largest absolute Gasteiger partial charge is 0.208 e. The van der Waals surface area contributed by atoms with Gasteiger partial charge in [-0.25, -0.2) is 4.57 Å². The molecule has 0 aliphatic heterocycles. The molecule has 0 amide bonds. The van der Waals surface area contributed by atoms with Gasteiger partial charge >= 0.3 is 0 Å². The van der Waals surface area contributed by atoms with Crippen LogP contribution in [0.2, 0.25) is 0 Å². The standard InChI is InChI=1S/C25H46N/c1-3-4-5-6-7-8-9-10-11-12-13-14-15-16-17-18-19-20-25-21-23-26(2)24-22-25/h21-24H,3-20H2,1-2H3/q+1. The summed E-state index contributed by atoms with van der Waals surface area (Å²) in [5.41, 5.74) is 1.49. The second-order valence-electron chi connectivity index (χ2n) is 8.28. The molecule has 0 aliphatic rings. The van der Waals surface area contributed by atoms with Gasteiger partial charge in [0, 0.05) is 12.1 Å². The van der Waals surface area contributed by atoms with Crippen molar-refractivity contribution in [3.63, 3.8) is 0 Å². The molecule has 0 N–H and O–H groups in total. The monoisotopic (exact) mass is 360 g/mol. The average molecular weight is 361 g/mol. The average Bonchev–Trinajstić information content (AvgIpc) is 2.66. The van der Waals surface area contributed by atoms with Crippen LogP contribution in [0.1, 0.15) is 122 Å². The fourth-order valence-electron chi connectivity index (χ4n) is 3.75. The predicted molar refractivity (Wildman–Crippen MR) is 115 cm³/mol. The molecule has 1 nitrogen and oxygen atoms in total. The molecule has 0 saturated heterocycles. The van der Waals surface area contributed by atoms with Crippen LogP contribution in [-0.2, 0) is 13.5 Å². The van der Waals surface area contributed by atoms with Gasteiger partial charge in [-0.3, -0.25) is 0 Å². The van der Waals surface area contributed by atoms with E-state index in [9.17, 15) is 0 Å². The Morgan fingerprint density at radius 2 is 0.885 bits per heavy atom. The van der Waals surface area contributed by atoms with E-state index in [2.05, 4.69) is 43.1 Å². The van der Waals surface area contributed by atoms with Crippen LogP contribution in [0, 0.1) is 0 Å². The van der Waals surface area contributed by atoms with Crippen LogP contribution >= 0.6 is 0 Å². The molecule has 0 atom stereocenters. The summed E-state index contributed by atoms with van der Waals surface area (Å²) in [6.07, 6.45) is 30.2. The summed E-state index contributed by atoms with van der Waals surface area (Å²) in [5, 5.41) is 0. The van der Waals surface area contributed by atoms with Crippen molar-refractivity contribution in [3.8, 4) is 0 Å². The van der Waals surface area contributed by atoms with Crippen LogP contribution in [-0.4, -0.2) is 0 Å². The molecule has 0 bridgehead atoms. The van der Waals surface area contributed by atoms with E-state index in [1.807, 2.05) is 0 Å². The van der Waals surface area contributed by atoms with Gasteiger partial charge < -0.3 is 0 Å². The number of aromatic nitrogens is 1. The lowest BCUT2D eigenvalue weighted by Crippen LogP contribution is -2.25. The number of aryl methyl sites for hydroxylation is 2. The Bertz CT molecular complexity index is 395. The second-order valence-corrected chi connectivity index (χ2v) is 8.28. The minimum Gasteiger partial charge on any atom is -0.208 e. The topological polar surface area (TPSA) is 3.88 Å². The number of unbranched alkanes of at least 4 members (excludes halogenated alkanes) is 16. The Morgan fingerprint density at radius 1 is 0.538 bits per heavy atom. The lowest BCUT2D eigenvalue weighted by molar-refractivity contribution is -0.671. The highest BCUT2D eigenvalue weighted by molar-refractivity contribution is 5.06. The Morgan fingerprint density at radius 3 is 1.27 bits per heavy atom. The normalized spacial score (nSPS) is 11.2. The summed E-state index contributed by atoms with van der Waals surface area (Å²) in [6.45, 7) is 2.30. The first kappa shape index (κ1) is 23.2. The summed E-state index contributed by atoms with van der Waals surface area (Å²) < 4.78 is 2.11. The van der Waals surface area contributed by atoms with Crippen molar-refractivity contribution in [2.24, 2.45) is 7.05 Å². The SMILES string of the molecule is CCCCCCCCCCCCCCCCCCCc1cc[n+](C)cc1. The van der Waals surface area contributed by atoms with Crippen LogP contribution in [0.5, 0.6) is 0 Å². The molecule has 0 radical (unpaired) electrons. The van der Waals surface area contributed by atoms with Crippen molar-refractivity contribution in [1.82, 2.24) is 0 Å². The molecule has 1 heteroatoms. The summed E-state index contributed by atoms with van der Waals surface area (Å²) in [7, 11) is 2.08.